The summed E-state index contributed by atoms with van der Waals surface area (Å²) < 4.78 is 0. The fourth-order valence-corrected chi connectivity index (χ4v) is 1.80. The van der Waals surface area contributed by atoms with Gasteiger partial charge in [0.05, 0.1) is 0 Å². The maximum Gasteiger partial charge on any atom is 0.237 e. The van der Waals surface area contributed by atoms with E-state index in [4.69, 9.17) is 17.4 Å². The van der Waals surface area contributed by atoms with Gasteiger partial charge in [0, 0.05) is 10.9 Å². The van der Waals surface area contributed by atoms with Gasteiger partial charge in [-0.2, -0.15) is 0 Å². The van der Waals surface area contributed by atoms with Gasteiger partial charge in [0.25, 0.3) is 0 Å². The number of hydrogen-bond acceptors (Lipinski definition) is 2. The van der Waals surface area contributed by atoms with Crippen LogP contribution in [0.2, 0.25) is 5.02 Å². The molecular weight excluding hydrogens is 200 g/mol. The van der Waals surface area contributed by atoms with Gasteiger partial charge < -0.3 is 0 Å². The van der Waals surface area contributed by atoms with Crippen LogP contribution in [0.4, 0.5) is 0 Å². The minimum absolute atomic E-state index is 0.0428. The van der Waals surface area contributed by atoms with E-state index in [1.807, 2.05) is 24.3 Å². The normalized spacial score (nSPS) is 24.4. The Morgan fingerprint density at radius 1 is 1.43 bits per heavy atom. The maximum atomic E-state index is 11.2. The highest BCUT2D eigenvalue weighted by Gasteiger charge is 2.43. The van der Waals surface area contributed by atoms with Gasteiger partial charge in [-0.1, -0.05) is 23.7 Å². The Kier molecular flexibility index (Phi) is 2.44. The zero-order valence-electron chi connectivity index (χ0n) is 7.53. The monoisotopic (exact) mass is 210 g/mol. The third kappa shape index (κ3) is 1.74. The molecule has 1 amide bonds. The van der Waals surface area contributed by atoms with Crippen molar-refractivity contribution < 1.29 is 4.79 Å². The molecule has 2 atom stereocenters. The second-order valence-electron chi connectivity index (χ2n) is 3.51. The lowest BCUT2D eigenvalue weighted by molar-refractivity contribution is -0.122. The average Bonchev–Trinajstić information content (AvgIpc) is 2.98. The van der Waals surface area contributed by atoms with Crippen molar-refractivity contribution in [2.75, 3.05) is 0 Å². The molecule has 1 aromatic carbocycles. The summed E-state index contributed by atoms with van der Waals surface area (Å²) >= 11 is 5.76. The van der Waals surface area contributed by atoms with Crippen molar-refractivity contribution in [1.82, 2.24) is 5.43 Å². The van der Waals surface area contributed by atoms with Gasteiger partial charge in [0.1, 0.15) is 0 Å². The molecule has 1 aliphatic carbocycles. The molecule has 0 bridgehead atoms. The molecule has 2 rings (SSSR count). The molecule has 0 aliphatic heterocycles. The molecule has 1 aliphatic rings. The summed E-state index contributed by atoms with van der Waals surface area (Å²) in [6, 6.07) is 7.59. The molecule has 0 aromatic heterocycles. The van der Waals surface area contributed by atoms with Gasteiger partial charge in [0.15, 0.2) is 0 Å². The largest absolute Gasteiger partial charge is 0.294 e. The van der Waals surface area contributed by atoms with Crippen molar-refractivity contribution in [3.63, 3.8) is 0 Å². The zero-order chi connectivity index (χ0) is 10.1. The molecule has 4 heteroatoms. The second kappa shape index (κ2) is 3.59. The van der Waals surface area contributed by atoms with Crippen LogP contribution in [0.1, 0.15) is 17.9 Å². The first kappa shape index (κ1) is 9.49. The molecule has 0 radical (unpaired) electrons. The van der Waals surface area contributed by atoms with Crippen LogP contribution in [-0.2, 0) is 4.79 Å². The van der Waals surface area contributed by atoms with E-state index in [-0.39, 0.29) is 11.8 Å². The Labute approximate surface area is 87.2 Å². The number of nitrogens with one attached hydrogen (secondary N) is 1. The molecule has 74 valence electrons. The van der Waals surface area contributed by atoms with Crippen LogP contribution >= 0.6 is 11.6 Å². The number of benzene rings is 1. The van der Waals surface area contributed by atoms with Crippen LogP contribution in [0.15, 0.2) is 24.3 Å². The summed E-state index contributed by atoms with van der Waals surface area (Å²) in [6.07, 6.45) is 0.880. The summed E-state index contributed by atoms with van der Waals surface area (Å²) in [5, 5.41) is 0.717. The Morgan fingerprint density at radius 3 is 2.64 bits per heavy atom. The van der Waals surface area contributed by atoms with Crippen molar-refractivity contribution in [3.8, 4) is 0 Å². The molecule has 0 unspecified atom stereocenters. The topological polar surface area (TPSA) is 55.1 Å². The first-order valence-corrected chi connectivity index (χ1v) is 4.86. The van der Waals surface area contributed by atoms with Crippen molar-refractivity contribution in [2.24, 2.45) is 11.8 Å². The zero-order valence-corrected chi connectivity index (χ0v) is 8.29. The molecule has 3 nitrogen and oxygen atoms in total. The minimum Gasteiger partial charge on any atom is -0.294 e. The summed E-state index contributed by atoms with van der Waals surface area (Å²) in [6.45, 7) is 0. The van der Waals surface area contributed by atoms with E-state index in [9.17, 15) is 4.79 Å². The number of halogens is 1. The van der Waals surface area contributed by atoms with Crippen molar-refractivity contribution in [3.05, 3.63) is 34.9 Å². The summed E-state index contributed by atoms with van der Waals surface area (Å²) in [5.41, 5.74) is 3.33. The molecule has 1 aromatic rings. The van der Waals surface area contributed by atoms with Gasteiger partial charge in [-0.05, 0) is 30.0 Å². The third-order valence-corrected chi connectivity index (χ3v) is 2.82. The Hall–Kier alpha value is -1.06. The van der Waals surface area contributed by atoms with E-state index in [1.54, 1.807) is 0 Å². The minimum atomic E-state index is -0.0788. The van der Waals surface area contributed by atoms with Gasteiger partial charge in [-0.15, -0.1) is 0 Å². The lowest BCUT2D eigenvalue weighted by atomic mass is 10.1. The summed E-state index contributed by atoms with van der Waals surface area (Å²) in [7, 11) is 0. The molecule has 14 heavy (non-hydrogen) atoms. The lowest BCUT2D eigenvalue weighted by Crippen LogP contribution is -2.31. The number of amides is 1. The maximum absolute atomic E-state index is 11.2. The number of carbonyl (C=O) groups excluding carboxylic acids is 1. The van der Waals surface area contributed by atoms with E-state index in [0.29, 0.717) is 10.9 Å². The molecule has 0 heterocycles. The Bertz CT molecular complexity index is 350. The van der Waals surface area contributed by atoms with E-state index in [0.717, 1.165) is 12.0 Å². The van der Waals surface area contributed by atoms with Crippen molar-refractivity contribution in [2.45, 2.75) is 12.3 Å². The first-order chi connectivity index (χ1) is 6.72. The molecular formula is C10H11ClN2O. The van der Waals surface area contributed by atoms with Gasteiger partial charge in [-0.3, -0.25) is 10.2 Å². The fourth-order valence-electron chi connectivity index (χ4n) is 1.67. The highest BCUT2D eigenvalue weighted by Crippen LogP contribution is 2.47. The van der Waals surface area contributed by atoms with E-state index in [2.05, 4.69) is 5.43 Å². The van der Waals surface area contributed by atoms with Gasteiger partial charge >= 0.3 is 0 Å². The standard InChI is InChI=1S/C10H11ClN2O/c11-7-3-1-6(2-4-7)8-5-9(8)10(14)13-12/h1-4,8-9H,5,12H2,(H,13,14)/t8-,9-/m1/s1. The van der Waals surface area contributed by atoms with Crippen molar-refractivity contribution >= 4 is 17.5 Å². The van der Waals surface area contributed by atoms with Crippen LogP contribution in [0.3, 0.4) is 0 Å². The van der Waals surface area contributed by atoms with E-state index in [1.165, 1.54) is 0 Å². The quantitative estimate of drug-likeness (QED) is 0.441. The van der Waals surface area contributed by atoms with E-state index >= 15 is 0 Å². The third-order valence-electron chi connectivity index (χ3n) is 2.57. The number of rotatable bonds is 2. The second-order valence-corrected chi connectivity index (χ2v) is 3.95. The lowest BCUT2D eigenvalue weighted by Gasteiger charge is -1.99. The Morgan fingerprint density at radius 2 is 2.07 bits per heavy atom. The van der Waals surface area contributed by atoms with E-state index < -0.39 is 0 Å². The Balaban J connectivity index is 2.06. The van der Waals surface area contributed by atoms with Crippen LogP contribution < -0.4 is 11.3 Å². The summed E-state index contributed by atoms with van der Waals surface area (Å²) in [4.78, 5) is 11.2. The smallest absolute Gasteiger partial charge is 0.237 e. The first-order valence-electron chi connectivity index (χ1n) is 4.48. The highest BCUT2D eigenvalue weighted by atomic mass is 35.5. The average molecular weight is 211 g/mol. The van der Waals surface area contributed by atoms with Gasteiger partial charge in [-0.25, -0.2) is 5.84 Å². The van der Waals surface area contributed by atoms with Crippen LogP contribution in [0.5, 0.6) is 0 Å². The SMILES string of the molecule is NNC(=O)[C@@H]1C[C@@H]1c1ccc(Cl)cc1. The highest BCUT2D eigenvalue weighted by molar-refractivity contribution is 6.30. The number of carbonyl (C=O) groups is 1. The number of hydrazine groups is 1. The van der Waals surface area contributed by atoms with Crippen LogP contribution in [0, 0.1) is 5.92 Å². The van der Waals surface area contributed by atoms with Crippen molar-refractivity contribution in [1.29, 1.82) is 0 Å². The molecule has 1 saturated carbocycles. The van der Waals surface area contributed by atoms with Crippen LogP contribution in [-0.4, -0.2) is 5.91 Å². The molecule has 1 fully saturated rings. The number of nitrogens with two attached hydrogens (primary N) is 1. The van der Waals surface area contributed by atoms with Gasteiger partial charge in [0.2, 0.25) is 5.91 Å². The molecule has 0 saturated heterocycles. The molecule has 3 N–H and O–H groups in total. The van der Waals surface area contributed by atoms with Crippen LogP contribution in [0.25, 0.3) is 0 Å². The molecule has 0 spiro atoms. The number of hydrogen-bond donors (Lipinski definition) is 2. The fraction of sp³-hybridized carbons (Fsp3) is 0.300. The summed E-state index contributed by atoms with van der Waals surface area (Å²) in [5.74, 6) is 5.34. The predicted octanol–water partition coefficient (Wildman–Crippen LogP) is 1.43. The predicted molar refractivity (Wildman–Crippen MR) is 54.6 cm³/mol.